The molecule has 0 amide bonds. The zero-order chi connectivity index (χ0) is 13.8. The van der Waals surface area contributed by atoms with Crippen molar-refractivity contribution in [1.82, 2.24) is 0 Å². The Morgan fingerprint density at radius 3 is 2.68 bits per heavy atom. The summed E-state index contributed by atoms with van der Waals surface area (Å²) in [5.74, 6) is -1.33. The van der Waals surface area contributed by atoms with Crippen LogP contribution in [-0.4, -0.2) is 35.5 Å². The Hall–Kier alpha value is -2.37. The van der Waals surface area contributed by atoms with Gasteiger partial charge in [-0.25, -0.2) is 4.79 Å². The zero-order valence-electron chi connectivity index (χ0n) is 10.3. The topological polar surface area (TPSA) is 85.2 Å². The van der Waals surface area contributed by atoms with Crippen molar-refractivity contribution in [3.63, 3.8) is 0 Å². The average Bonchev–Trinajstić information content (AvgIpc) is 2.85. The second kappa shape index (κ2) is 5.51. The Balaban J connectivity index is 1.96. The quantitative estimate of drug-likeness (QED) is 0.831. The van der Waals surface area contributed by atoms with Crippen LogP contribution >= 0.6 is 0 Å². The number of carbonyl (C=O) groups is 2. The number of carbonyl (C=O) groups excluding carboxylic acids is 1. The minimum absolute atomic E-state index is 0.162. The van der Waals surface area contributed by atoms with Gasteiger partial charge >= 0.3 is 11.9 Å². The molecule has 1 aliphatic rings. The molecule has 0 saturated carbocycles. The molecular formula is C13H13NO5. The third kappa shape index (κ3) is 3.31. The van der Waals surface area contributed by atoms with Crippen molar-refractivity contribution in [2.45, 2.75) is 19.4 Å². The monoisotopic (exact) mass is 263 g/mol. The van der Waals surface area contributed by atoms with Crippen LogP contribution in [0.3, 0.4) is 0 Å². The summed E-state index contributed by atoms with van der Waals surface area (Å²) in [6, 6.07) is 6.39. The molecule has 0 fully saturated rings. The lowest BCUT2D eigenvalue weighted by Gasteiger charge is -2.07. The van der Waals surface area contributed by atoms with Crippen LogP contribution in [-0.2, 0) is 14.4 Å². The van der Waals surface area contributed by atoms with Gasteiger partial charge in [0.05, 0.1) is 11.3 Å². The summed E-state index contributed by atoms with van der Waals surface area (Å²) in [5.41, 5.74) is 1.74. The zero-order valence-corrected chi connectivity index (χ0v) is 10.3. The first-order valence-electron chi connectivity index (χ1n) is 5.76. The SMILES string of the molecule is CC(=O)OCC1CC(c2ccc(C(=O)O)cc2)=NO1. The molecule has 1 unspecified atom stereocenters. The van der Waals surface area contributed by atoms with Crippen LogP contribution in [0, 0.1) is 0 Å². The van der Waals surface area contributed by atoms with E-state index >= 15 is 0 Å². The molecule has 0 spiro atoms. The highest BCUT2D eigenvalue weighted by Crippen LogP contribution is 2.17. The van der Waals surface area contributed by atoms with E-state index in [0.717, 1.165) is 5.56 Å². The van der Waals surface area contributed by atoms with Gasteiger partial charge in [0.2, 0.25) is 0 Å². The van der Waals surface area contributed by atoms with Crippen molar-refractivity contribution < 1.29 is 24.3 Å². The molecule has 6 nitrogen and oxygen atoms in total. The van der Waals surface area contributed by atoms with Crippen LogP contribution in [0.25, 0.3) is 0 Å². The summed E-state index contributed by atoms with van der Waals surface area (Å²) < 4.78 is 4.85. The highest BCUT2D eigenvalue weighted by molar-refractivity contribution is 6.02. The van der Waals surface area contributed by atoms with Crippen molar-refractivity contribution in [3.05, 3.63) is 35.4 Å². The Kier molecular flexibility index (Phi) is 3.79. The van der Waals surface area contributed by atoms with Gasteiger partial charge in [0.1, 0.15) is 6.61 Å². The summed E-state index contributed by atoms with van der Waals surface area (Å²) in [7, 11) is 0. The first kappa shape index (κ1) is 13.1. The number of rotatable bonds is 4. The number of carboxylic acid groups (broad SMARTS) is 1. The van der Waals surface area contributed by atoms with Crippen molar-refractivity contribution in [2.75, 3.05) is 6.61 Å². The van der Waals surface area contributed by atoms with E-state index in [2.05, 4.69) is 5.16 Å². The molecule has 1 N–H and O–H groups in total. The molecule has 0 bridgehead atoms. The van der Waals surface area contributed by atoms with Crippen LogP contribution in [0.5, 0.6) is 0 Å². The molecule has 6 heteroatoms. The molecule has 0 saturated heterocycles. The van der Waals surface area contributed by atoms with Gasteiger partial charge in [0.15, 0.2) is 6.10 Å². The van der Waals surface area contributed by atoms with E-state index in [1.165, 1.54) is 19.1 Å². The molecule has 0 radical (unpaired) electrons. The number of ether oxygens (including phenoxy) is 1. The summed E-state index contributed by atoms with van der Waals surface area (Å²) >= 11 is 0. The molecule has 19 heavy (non-hydrogen) atoms. The van der Waals surface area contributed by atoms with Crippen molar-refractivity contribution in [1.29, 1.82) is 0 Å². The van der Waals surface area contributed by atoms with E-state index < -0.39 is 5.97 Å². The maximum atomic E-state index is 10.7. The van der Waals surface area contributed by atoms with Gasteiger partial charge in [-0.15, -0.1) is 0 Å². The predicted octanol–water partition coefficient (Wildman–Crippen LogP) is 1.44. The number of benzene rings is 1. The van der Waals surface area contributed by atoms with E-state index in [4.69, 9.17) is 14.7 Å². The minimum Gasteiger partial charge on any atom is -0.478 e. The normalized spacial score (nSPS) is 17.5. The van der Waals surface area contributed by atoms with Crippen LogP contribution in [0.2, 0.25) is 0 Å². The first-order chi connectivity index (χ1) is 9.06. The number of nitrogens with zero attached hydrogens (tertiary/aromatic N) is 1. The lowest BCUT2D eigenvalue weighted by Crippen LogP contribution is -2.18. The maximum Gasteiger partial charge on any atom is 0.335 e. The van der Waals surface area contributed by atoms with Crippen molar-refractivity contribution >= 4 is 17.7 Å². The number of carboxylic acids is 1. The Morgan fingerprint density at radius 1 is 1.42 bits per heavy atom. The molecule has 1 aromatic rings. The summed E-state index contributed by atoms with van der Waals surface area (Å²) in [6.45, 7) is 1.50. The van der Waals surface area contributed by atoms with E-state index in [9.17, 15) is 9.59 Å². The molecule has 0 aromatic heterocycles. The maximum absolute atomic E-state index is 10.7. The fourth-order valence-corrected chi connectivity index (χ4v) is 1.70. The van der Waals surface area contributed by atoms with E-state index in [1.54, 1.807) is 12.1 Å². The highest BCUT2D eigenvalue weighted by Gasteiger charge is 2.23. The Labute approximate surface area is 109 Å². The molecular weight excluding hydrogens is 250 g/mol. The fraction of sp³-hybridized carbons (Fsp3) is 0.308. The Bertz CT molecular complexity index is 520. The molecule has 0 aliphatic carbocycles. The first-order valence-corrected chi connectivity index (χ1v) is 5.76. The van der Waals surface area contributed by atoms with Gasteiger partial charge in [-0.2, -0.15) is 0 Å². The van der Waals surface area contributed by atoms with Gasteiger partial charge in [-0.1, -0.05) is 17.3 Å². The second-order valence-electron chi connectivity index (χ2n) is 4.15. The average molecular weight is 263 g/mol. The van der Waals surface area contributed by atoms with Gasteiger partial charge in [0.25, 0.3) is 0 Å². The molecule has 1 heterocycles. The largest absolute Gasteiger partial charge is 0.478 e. The molecule has 2 rings (SSSR count). The number of hydrogen-bond acceptors (Lipinski definition) is 5. The van der Waals surface area contributed by atoms with Crippen LogP contribution in [0.4, 0.5) is 0 Å². The van der Waals surface area contributed by atoms with Crippen molar-refractivity contribution in [3.8, 4) is 0 Å². The summed E-state index contributed by atoms with van der Waals surface area (Å²) in [4.78, 5) is 26.6. The third-order valence-corrected chi connectivity index (χ3v) is 2.67. The summed E-state index contributed by atoms with van der Waals surface area (Å²) in [6.07, 6.45) is 0.248. The summed E-state index contributed by atoms with van der Waals surface area (Å²) in [5, 5.41) is 12.7. The predicted molar refractivity (Wildman–Crippen MR) is 66.1 cm³/mol. The van der Waals surface area contributed by atoms with Crippen LogP contribution in [0.15, 0.2) is 29.4 Å². The second-order valence-corrected chi connectivity index (χ2v) is 4.15. The fourth-order valence-electron chi connectivity index (χ4n) is 1.70. The smallest absolute Gasteiger partial charge is 0.335 e. The van der Waals surface area contributed by atoms with Gasteiger partial charge in [-0.05, 0) is 17.7 Å². The van der Waals surface area contributed by atoms with Gasteiger partial charge in [-0.3, -0.25) is 4.79 Å². The molecule has 100 valence electrons. The number of oxime groups is 1. The molecule has 1 aromatic carbocycles. The number of esters is 1. The highest BCUT2D eigenvalue weighted by atomic mass is 16.7. The van der Waals surface area contributed by atoms with Gasteiger partial charge < -0.3 is 14.7 Å². The van der Waals surface area contributed by atoms with E-state index in [0.29, 0.717) is 12.1 Å². The van der Waals surface area contributed by atoms with Gasteiger partial charge in [0, 0.05) is 13.3 Å². The third-order valence-electron chi connectivity index (χ3n) is 2.67. The standard InChI is InChI=1S/C13H13NO5/c1-8(15)18-7-11-6-12(14-19-11)9-2-4-10(5-3-9)13(16)17/h2-5,11H,6-7H2,1H3,(H,16,17). The minimum atomic E-state index is -0.969. The lowest BCUT2D eigenvalue weighted by atomic mass is 10.0. The molecule has 1 aliphatic heterocycles. The molecule has 1 atom stereocenters. The van der Waals surface area contributed by atoms with Crippen LogP contribution in [0.1, 0.15) is 29.3 Å². The van der Waals surface area contributed by atoms with E-state index in [-0.39, 0.29) is 24.2 Å². The number of hydrogen-bond donors (Lipinski definition) is 1. The van der Waals surface area contributed by atoms with Crippen molar-refractivity contribution in [2.24, 2.45) is 5.16 Å². The Morgan fingerprint density at radius 2 is 2.11 bits per heavy atom. The van der Waals surface area contributed by atoms with E-state index in [1.807, 2.05) is 0 Å². The lowest BCUT2D eigenvalue weighted by molar-refractivity contribution is -0.144. The number of aromatic carboxylic acids is 1. The van der Waals surface area contributed by atoms with Crippen LogP contribution < -0.4 is 0 Å².